The van der Waals surface area contributed by atoms with Gasteiger partial charge in [0.05, 0.1) is 0 Å². The highest BCUT2D eigenvalue weighted by molar-refractivity contribution is 5.71. The summed E-state index contributed by atoms with van der Waals surface area (Å²) in [7, 11) is 0. The number of carbonyl (C=O) groups excluding carboxylic acids is 2. The predicted octanol–water partition coefficient (Wildman–Crippen LogP) is 11.1. The fourth-order valence-corrected chi connectivity index (χ4v) is 7.49. The lowest BCUT2D eigenvalue weighted by molar-refractivity contribution is 0.0393. The molecule has 0 aromatic heterocycles. The van der Waals surface area contributed by atoms with E-state index in [0.717, 1.165) is 50.5 Å². The molecule has 256 valence electrons. The maximum atomic E-state index is 13.5. The Hall–Kier alpha value is -3.02. The molecule has 1 aliphatic carbocycles. The van der Waals surface area contributed by atoms with Crippen LogP contribution >= 0.6 is 0 Å². The van der Waals surface area contributed by atoms with E-state index in [-0.39, 0.29) is 23.0 Å². The maximum Gasteiger partial charge on any atom is 0.415 e. The first kappa shape index (κ1) is 37.4. The highest BCUT2D eigenvalue weighted by atomic mass is 16.6. The third-order valence-corrected chi connectivity index (χ3v) is 9.30. The van der Waals surface area contributed by atoms with Crippen LogP contribution in [0.25, 0.3) is 0 Å². The van der Waals surface area contributed by atoms with Crippen molar-refractivity contribution in [3.63, 3.8) is 0 Å². The third-order valence-electron chi connectivity index (χ3n) is 9.30. The van der Waals surface area contributed by atoms with Gasteiger partial charge in [0.25, 0.3) is 0 Å². The molecule has 46 heavy (non-hydrogen) atoms. The van der Waals surface area contributed by atoms with E-state index < -0.39 is 6.09 Å². The average Bonchev–Trinajstić information content (AvgIpc) is 3.00. The molecule has 1 fully saturated rings. The topological polar surface area (TPSA) is 67.9 Å². The number of rotatable bonds is 19. The molecule has 2 amide bonds. The lowest BCUT2D eigenvalue weighted by Crippen LogP contribution is -2.52. The summed E-state index contributed by atoms with van der Waals surface area (Å²) in [5.41, 5.74) is 0.896. The third kappa shape index (κ3) is 13.8. The molecule has 1 aliphatic rings. The highest BCUT2D eigenvalue weighted by Gasteiger charge is 2.43. The summed E-state index contributed by atoms with van der Waals surface area (Å²) in [5.74, 6) is 1.22. The molecule has 6 nitrogen and oxygen atoms in total. The van der Waals surface area contributed by atoms with Crippen molar-refractivity contribution in [2.24, 2.45) is 10.8 Å². The number of aryl methyl sites for hydroxylation is 1. The fourth-order valence-electron chi connectivity index (χ4n) is 7.49. The van der Waals surface area contributed by atoms with Crippen molar-refractivity contribution >= 4 is 12.2 Å². The first-order chi connectivity index (χ1) is 22.1. The van der Waals surface area contributed by atoms with Gasteiger partial charge in [0.1, 0.15) is 11.5 Å². The van der Waals surface area contributed by atoms with Crippen LogP contribution in [0, 0.1) is 10.8 Å². The second-order valence-corrected chi connectivity index (χ2v) is 14.8. The number of hydrogen-bond donors (Lipinski definition) is 1. The second-order valence-electron chi connectivity index (χ2n) is 14.8. The predicted molar refractivity (Wildman–Crippen MR) is 190 cm³/mol. The van der Waals surface area contributed by atoms with Crippen molar-refractivity contribution in [3.8, 4) is 11.5 Å². The minimum atomic E-state index is -0.395. The smallest absolute Gasteiger partial charge is 0.410 e. The van der Waals surface area contributed by atoms with Gasteiger partial charge in [-0.3, -0.25) is 0 Å². The molecule has 6 heteroatoms. The number of carbonyl (C=O) groups is 2. The molecule has 0 saturated heterocycles. The summed E-state index contributed by atoms with van der Waals surface area (Å²) in [4.78, 5) is 28.7. The van der Waals surface area contributed by atoms with Crippen LogP contribution < -0.4 is 14.8 Å². The summed E-state index contributed by atoms with van der Waals surface area (Å²) in [6, 6.07) is 17.2. The average molecular weight is 635 g/mol. The van der Waals surface area contributed by atoms with Crippen LogP contribution in [0.5, 0.6) is 11.5 Å². The zero-order valence-corrected chi connectivity index (χ0v) is 29.6. The Balaban J connectivity index is 1.63. The Bertz CT molecular complexity index is 1170. The SMILES string of the molecule is CCCCCCCCc1ccccc1OC(=O)NC1CC(C)(C)CC(C)(CN(CCCCCCCC)C(=O)Oc2ccccc2)C1. The van der Waals surface area contributed by atoms with Crippen LogP contribution in [0.4, 0.5) is 9.59 Å². The van der Waals surface area contributed by atoms with Gasteiger partial charge in [-0.2, -0.15) is 0 Å². The number of ether oxygens (including phenoxy) is 2. The van der Waals surface area contributed by atoms with Gasteiger partial charge in [0.15, 0.2) is 0 Å². The van der Waals surface area contributed by atoms with E-state index in [1.807, 2.05) is 53.4 Å². The Morgan fingerprint density at radius 3 is 2.07 bits per heavy atom. The van der Waals surface area contributed by atoms with Gasteiger partial charge < -0.3 is 19.7 Å². The van der Waals surface area contributed by atoms with Gasteiger partial charge in [0, 0.05) is 19.1 Å². The van der Waals surface area contributed by atoms with Crippen LogP contribution in [-0.2, 0) is 6.42 Å². The number of hydrogen-bond acceptors (Lipinski definition) is 4. The molecule has 2 aromatic rings. The summed E-state index contributed by atoms with van der Waals surface area (Å²) in [5, 5.41) is 3.21. The summed E-state index contributed by atoms with van der Waals surface area (Å²) < 4.78 is 11.8. The molecule has 2 atom stereocenters. The van der Waals surface area contributed by atoms with Gasteiger partial charge in [-0.15, -0.1) is 0 Å². The summed E-state index contributed by atoms with van der Waals surface area (Å²) in [6.07, 6.45) is 17.2. The number of para-hydroxylation sites is 2. The van der Waals surface area contributed by atoms with Gasteiger partial charge in [-0.25, -0.2) is 9.59 Å². The monoisotopic (exact) mass is 634 g/mol. The normalized spacial score (nSPS) is 18.9. The standard InChI is InChI=1S/C40H62N2O4/c1-6-8-10-12-14-17-23-33-24-20-21-27-36(33)46-37(43)41-34-29-39(3,4)31-40(5,30-34)32-42(28-22-15-13-11-9-7-2)38(44)45-35-25-18-16-19-26-35/h16,18-21,24-27,34H,6-15,17,22-23,28-32H2,1-5H3,(H,41,43). The van der Waals surface area contributed by atoms with Crippen LogP contribution in [0.2, 0.25) is 0 Å². The van der Waals surface area contributed by atoms with E-state index in [1.165, 1.54) is 57.8 Å². The van der Waals surface area contributed by atoms with E-state index in [9.17, 15) is 9.59 Å². The number of benzene rings is 2. The van der Waals surface area contributed by atoms with Crippen molar-refractivity contribution < 1.29 is 19.1 Å². The molecule has 2 unspecified atom stereocenters. The quantitative estimate of drug-likeness (QED) is 0.156. The van der Waals surface area contributed by atoms with Gasteiger partial charge >= 0.3 is 12.2 Å². The number of unbranched alkanes of at least 4 members (excludes halogenated alkanes) is 10. The number of nitrogens with zero attached hydrogens (tertiary/aromatic N) is 1. The van der Waals surface area contributed by atoms with Gasteiger partial charge in [0.2, 0.25) is 0 Å². The Morgan fingerprint density at radius 2 is 1.37 bits per heavy atom. The summed E-state index contributed by atoms with van der Waals surface area (Å²) in [6.45, 7) is 12.5. The minimum Gasteiger partial charge on any atom is -0.410 e. The molecule has 3 rings (SSSR count). The van der Waals surface area contributed by atoms with Crippen LogP contribution in [0.15, 0.2) is 54.6 Å². The fraction of sp³-hybridized carbons (Fsp3) is 0.650. The molecule has 2 aromatic carbocycles. The van der Waals surface area contributed by atoms with Gasteiger partial charge in [-0.1, -0.05) is 135 Å². The van der Waals surface area contributed by atoms with Crippen molar-refractivity contribution in [1.82, 2.24) is 10.2 Å². The summed E-state index contributed by atoms with van der Waals surface area (Å²) >= 11 is 0. The zero-order valence-electron chi connectivity index (χ0n) is 29.6. The number of amides is 2. The van der Waals surface area contributed by atoms with E-state index in [0.29, 0.717) is 24.6 Å². The molecule has 0 bridgehead atoms. The molecule has 0 aliphatic heterocycles. The molecule has 1 saturated carbocycles. The van der Waals surface area contributed by atoms with E-state index in [4.69, 9.17) is 9.47 Å². The highest BCUT2D eigenvalue weighted by Crippen LogP contribution is 2.46. The minimum absolute atomic E-state index is 0.00418. The lowest BCUT2D eigenvalue weighted by atomic mass is 9.62. The Kier molecular flexibility index (Phi) is 15.9. The first-order valence-corrected chi connectivity index (χ1v) is 18.2. The largest absolute Gasteiger partial charge is 0.415 e. The van der Waals surface area contributed by atoms with E-state index in [2.05, 4.69) is 46.0 Å². The Labute approximate surface area is 280 Å². The van der Waals surface area contributed by atoms with Crippen LogP contribution in [-0.4, -0.2) is 36.2 Å². The molecule has 1 N–H and O–H groups in total. The molecular formula is C40H62N2O4. The lowest BCUT2D eigenvalue weighted by Gasteiger charge is -2.48. The van der Waals surface area contributed by atoms with Crippen LogP contribution in [0.3, 0.4) is 0 Å². The Morgan fingerprint density at radius 1 is 0.761 bits per heavy atom. The molecular weight excluding hydrogens is 572 g/mol. The molecule has 0 heterocycles. The van der Waals surface area contributed by atoms with Crippen LogP contribution in [0.1, 0.15) is 136 Å². The van der Waals surface area contributed by atoms with Crippen molar-refractivity contribution in [3.05, 3.63) is 60.2 Å². The second kappa shape index (κ2) is 19.6. The zero-order chi connectivity index (χ0) is 33.3. The van der Waals surface area contributed by atoms with E-state index >= 15 is 0 Å². The maximum absolute atomic E-state index is 13.5. The van der Waals surface area contributed by atoms with Gasteiger partial charge in [-0.05, 0) is 73.1 Å². The van der Waals surface area contributed by atoms with Crippen molar-refractivity contribution in [1.29, 1.82) is 0 Å². The van der Waals surface area contributed by atoms with E-state index in [1.54, 1.807) is 0 Å². The number of nitrogens with one attached hydrogen (secondary N) is 1. The first-order valence-electron chi connectivity index (χ1n) is 18.2. The molecule has 0 spiro atoms. The van der Waals surface area contributed by atoms with Crippen molar-refractivity contribution in [2.75, 3.05) is 13.1 Å². The molecule has 0 radical (unpaired) electrons. The van der Waals surface area contributed by atoms with Crippen molar-refractivity contribution in [2.45, 2.75) is 143 Å².